The molecule has 1 fully saturated rings. The van der Waals surface area contributed by atoms with Crippen LogP contribution >= 0.6 is 11.6 Å². The smallest absolute Gasteiger partial charge is 0.264 e. The molecule has 1 heterocycles. The average Bonchev–Trinajstić information content (AvgIpc) is 2.42. The van der Waals surface area contributed by atoms with Crippen molar-refractivity contribution < 1.29 is 9.53 Å². The Labute approximate surface area is 89.7 Å². The van der Waals surface area contributed by atoms with Gasteiger partial charge in [-0.05, 0) is 20.3 Å². The molecule has 1 rings (SSSR count). The first kappa shape index (κ1) is 11.5. The molecular weight excluding hydrogens is 202 g/mol. The van der Waals surface area contributed by atoms with E-state index in [1.807, 2.05) is 13.8 Å². The Bertz CT molecular complexity index is 255. The molecule has 0 saturated carbocycles. The molecule has 1 aliphatic heterocycles. The van der Waals surface area contributed by atoms with Crippen molar-refractivity contribution in [2.45, 2.75) is 38.5 Å². The Morgan fingerprint density at radius 3 is 2.50 bits per heavy atom. The molecule has 0 aromatic heterocycles. The summed E-state index contributed by atoms with van der Waals surface area (Å²) in [7, 11) is 1.73. The van der Waals surface area contributed by atoms with E-state index < -0.39 is 0 Å². The van der Waals surface area contributed by atoms with Crippen LogP contribution in [0.2, 0.25) is 0 Å². The van der Waals surface area contributed by atoms with E-state index in [1.54, 1.807) is 11.9 Å². The lowest BCUT2D eigenvalue weighted by atomic mass is 10.1. The number of carbonyl (C=O) groups is 1. The van der Waals surface area contributed by atoms with Gasteiger partial charge >= 0.3 is 0 Å². The first-order valence-electron chi connectivity index (χ1n) is 4.70. The third-order valence-corrected chi connectivity index (χ3v) is 2.77. The van der Waals surface area contributed by atoms with Crippen molar-refractivity contribution in [1.82, 2.24) is 4.90 Å². The van der Waals surface area contributed by atoms with Crippen molar-refractivity contribution in [2.75, 3.05) is 7.05 Å². The van der Waals surface area contributed by atoms with E-state index in [0.717, 1.165) is 6.42 Å². The highest BCUT2D eigenvalue weighted by molar-refractivity contribution is 6.41. The van der Waals surface area contributed by atoms with Gasteiger partial charge in [0, 0.05) is 7.05 Å². The molecular formula is C10H16ClNO2. The van der Waals surface area contributed by atoms with Crippen LogP contribution in [0, 0.1) is 0 Å². The lowest BCUT2D eigenvalue weighted by Gasteiger charge is -2.26. The van der Waals surface area contributed by atoms with Crippen LogP contribution in [0.5, 0.6) is 0 Å². The second-order valence-electron chi connectivity index (χ2n) is 3.78. The summed E-state index contributed by atoms with van der Waals surface area (Å²) in [6, 6.07) is 0.105. The van der Waals surface area contributed by atoms with Crippen LogP contribution in [0.25, 0.3) is 0 Å². The van der Waals surface area contributed by atoms with Crippen molar-refractivity contribution in [3.63, 3.8) is 0 Å². The number of halogens is 1. The van der Waals surface area contributed by atoms with Crippen LogP contribution in [-0.2, 0) is 9.53 Å². The largest absolute Gasteiger partial charge is 0.373 e. The molecule has 0 aromatic rings. The fraction of sp³-hybridized carbons (Fsp3) is 0.700. The Hall–Kier alpha value is -0.540. The SMILES string of the molecule is C=C(Cl)C(=O)N(C)C1CC(C)OC1C. The van der Waals surface area contributed by atoms with Gasteiger partial charge in [-0.2, -0.15) is 0 Å². The van der Waals surface area contributed by atoms with Gasteiger partial charge in [0.1, 0.15) is 0 Å². The molecule has 0 bridgehead atoms. The number of nitrogens with zero attached hydrogens (tertiary/aromatic N) is 1. The van der Waals surface area contributed by atoms with Gasteiger partial charge in [0.25, 0.3) is 5.91 Å². The van der Waals surface area contributed by atoms with Crippen LogP contribution in [0.1, 0.15) is 20.3 Å². The highest BCUT2D eigenvalue weighted by Crippen LogP contribution is 2.24. The summed E-state index contributed by atoms with van der Waals surface area (Å²) in [5.41, 5.74) is 0. The number of rotatable bonds is 2. The summed E-state index contributed by atoms with van der Waals surface area (Å²) in [5.74, 6) is -0.221. The fourth-order valence-electron chi connectivity index (χ4n) is 1.86. The Balaban J connectivity index is 2.65. The van der Waals surface area contributed by atoms with Crippen molar-refractivity contribution in [2.24, 2.45) is 0 Å². The maximum Gasteiger partial charge on any atom is 0.264 e. The molecule has 14 heavy (non-hydrogen) atoms. The van der Waals surface area contributed by atoms with Gasteiger partial charge < -0.3 is 9.64 Å². The van der Waals surface area contributed by atoms with E-state index in [4.69, 9.17) is 16.3 Å². The number of ether oxygens (including phenoxy) is 1. The highest BCUT2D eigenvalue weighted by Gasteiger charge is 2.34. The Morgan fingerprint density at radius 1 is 1.57 bits per heavy atom. The van der Waals surface area contributed by atoms with Gasteiger partial charge in [-0.15, -0.1) is 0 Å². The van der Waals surface area contributed by atoms with Crippen molar-refractivity contribution in [1.29, 1.82) is 0 Å². The fourth-order valence-corrected chi connectivity index (χ4v) is 1.99. The summed E-state index contributed by atoms with van der Waals surface area (Å²) >= 11 is 5.56. The average molecular weight is 218 g/mol. The van der Waals surface area contributed by atoms with Crippen molar-refractivity contribution in [3.8, 4) is 0 Å². The van der Waals surface area contributed by atoms with Crippen molar-refractivity contribution in [3.05, 3.63) is 11.6 Å². The predicted octanol–water partition coefficient (Wildman–Crippen LogP) is 1.76. The summed E-state index contributed by atoms with van der Waals surface area (Å²) < 4.78 is 5.56. The zero-order valence-electron chi connectivity index (χ0n) is 8.79. The van der Waals surface area contributed by atoms with E-state index >= 15 is 0 Å². The number of hydrogen-bond acceptors (Lipinski definition) is 2. The van der Waals surface area contributed by atoms with Gasteiger partial charge in [0.2, 0.25) is 0 Å². The number of carbonyl (C=O) groups excluding carboxylic acids is 1. The topological polar surface area (TPSA) is 29.5 Å². The van der Waals surface area contributed by atoms with Crippen LogP contribution in [0.4, 0.5) is 0 Å². The van der Waals surface area contributed by atoms with Gasteiger partial charge in [0.05, 0.1) is 23.3 Å². The second-order valence-corrected chi connectivity index (χ2v) is 4.23. The van der Waals surface area contributed by atoms with Gasteiger partial charge in [0.15, 0.2) is 0 Å². The van der Waals surface area contributed by atoms with E-state index in [2.05, 4.69) is 6.58 Å². The number of hydrogen-bond donors (Lipinski definition) is 0. The Morgan fingerprint density at radius 2 is 2.14 bits per heavy atom. The minimum Gasteiger partial charge on any atom is -0.373 e. The molecule has 0 aromatic carbocycles. The Kier molecular flexibility index (Phi) is 3.56. The van der Waals surface area contributed by atoms with E-state index in [1.165, 1.54) is 0 Å². The molecule has 0 spiro atoms. The van der Waals surface area contributed by atoms with Gasteiger partial charge in [-0.3, -0.25) is 4.79 Å². The van der Waals surface area contributed by atoms with E-state index in [9.17, 15) is 4.79 Å². The predicted molar refractivity (Wildman–Crippen MR) is 56.2 cm³/mol. The summed E-state index contributed by atoms with van der Waals surface area (Å²) in [6.45, 7) is 7.40. The third-order valence-electron chi connectivity index (χ3n) is 2.61. The molecule has 0 radical (unpaired) electrons. The van der Waals surface area contributed by atoms with E-state index in [0.29, 0.717) is 0 Å². The van der Waals surface area contributed by atoms with Gasteiger partial charge in [-0.25, -0.2) is 0 Å². The first-order valence-corrected chi connectivity index (χ1v) is 5.08. The first-order chi connectivity index (χ1) is 6.43. The normalized spacial score (nSPS) is 31.6. The number of likely N-dealkylation sites (N-methyl/N-ethyl adjacent to an activating group) is 1. The summed E-state index contributed by atoms with van der Waals surface area (Å²) in [5, 5.41) is 0.0549. The van der Waals surface area contributed by atoms with Gasteiger partial charge in [-0.1, -0.05) is 18.2 Å². The van der Waals surface area contributed by atoms with E-state index in [-0.39, 0.29) is 29.2 Å². The third kappa shape index (κ3) is 2.28. The summed E-state index contributed by atoms with van der Waals surface area (Å²) in [6.07, 6.45) is 1.12. The lowest BCUT2D eigenvalue weighted by molar-refractivity contribution is -0.128. The number of amides is 1. The molecule has 1 aliphatic rings. The molecule has 4 heteroatoms. The lowest BCUT2D eigenvalue weighted by Crippen LogP contribution is -2.41. The molecule has 3 unspecified atom stereocenters. The minimum absolute atomic E-state index is 0.0549. The van der Waals surface area contributed by atoms with Crippen LogP contribution < -0.4 is 0 Å². The standard InChI is InChI=1S/C10H16ClNO2/c1-6-5-9(8(3)14-6)12(4)10(13)7(2)11/h6,8-9H,2,5H2,1,3-4H3. The maximum atomic E-state index is 11.5. The summed E-state index contributed by atoms with van der Waals surface area (Å²) in [4.78, 5) is 13.1. The van der Waals surface area contributed by atoms with Crippen molar-refractivity contribution >= 4 is 17.5 Å². The molecule has 3 nitrogen and oxygen atoms in total. The molecule has 3 atom stereocenters. The molecule has 80 valence electrons. The molecule has 1 amide bonds. The second kappa shape index (κ2) is 4.32. The van der Waals surface area contributed by atoms with Crippen LogP contribution in [0.3, 0.4) is 0 Å². The molecule has 1 saturated heterocycles. The quantitative estimate of drug-likeness (QED) is 0.660. The zero-order chi connectivity index (χ0) is 10.9. The minimum atomic E-state index is -0.221. The zero-order valence-corrected chi connectivity index (χ0v) is 9.54. The van der Waals surface area contributed by atoms with Crippen LogP contribution in [0.15, 0.2) is 11.6 Å². The monoisotopic (exact) mass is 217 g/mol. The molecule has 0 aliphatic carbocycles. The van der Waals surface area contributed by atoms with Crippen LogP contribution in [-0.4, -0.2) is 36.1 Å². The highest BCUT2D eigenvalue weighted by atomic mass is 35.5. The maximum absolute atomic E-state index is 11.5. The molecule has 0 N–H and O–H groups in total.